The molecule has 0 atom stereocenters. The Morgan fingerprint density at radius 2 is 1.41 bits per heavy atom. The number of rotatable bonds is 7. The van der Waals surface area contributed by atoms with Gasteiger partial charge in [-0.1, -0.05) is 60.2 Å². The average Bonchev–Trinajstić information content (AvgIpc) is 2.78. The molecule has 0 saturated heterocycles. The first-order valence-corrected chi connectivity index (χ1v) is 9.63. The van der Waals surface area contributed by atoms with Crippen LogP contribution in [0.1, 0.15) is 16.7 Å². The summed E-state index contributed by atoms with van der Waals surface area (Å²) >= 11 is 0. The molecule has 0 bridgehead atoms. The van der Waals surface area contributed by atoms with Crippen molar-refractivity contribution >= 4 is 11.8 Å². The Kier molecular flexibility index (Phi) is 5.76. The van der Waals surface area contributed by atoms with E-state index in [-0.39, 0.29) is 0 Å². The van der Waals surface area contributed by atoms with Crippen LogP contribution in [0.5, 0.6) is 0 Å². The lowest BCUT2D eigenvalue weighted by molar-refractivity contribution is 1.03. The van der Waals surface area contributed by atoms with Crippen LogP contribution < -0.4 is 10.6 Å². The highest BCUT2D eigenvalue weighted by Crippen LogP contribution is 2.22. The molecule has 0 aliphatic rings. The van der Waals surface area contributed by atoms with E-state index < -0.39 is 0 Å². The van der Waals surface area contributed by atoms with Gasteiger partial charge in [0, 0.05) is 37.1 Å². The minimum absolute atomic E-state index is 0.592. The van der Waals surface area contributed by atoms with E-state index in [1.807, 2.05) is 36.4 Å². The zero-order valence-corrected chi connectivity index (χ0v) is 16.3. The van der Waals surface area contributed by atoms with Crippen molar-refractivity contribution in [3.05, 3.63) is 102 Å². The van der Waals surface area contributed by atoms with E-state index in [2.05, 4.69) is 63.9 Å². The summed E-state index contributed by atoms with van der Waals surface area (Å²) in [5.41, 5.74) is 5.53. The van der Waals surface area contributed by atoms with Crippen LogP contribution >= 0.6 is 0 Å². The van der Waals surface area contributed by atoms with Crippen LogP contribution in [0.4, 0.5) is 11.8 Å². The first kappa shape index (κ1) is 18.6. The van der Waals surface area contributed by atoms with E-state index in [4.69, 9.17) is 4.98 Å². The maximum absolute atomic E-state index is 4.71. The molecule has 29 heavy (non-hydrogen) atoms. The molecule has 2 heterocycles. The number of pyridine rings is 1. The summed E-state index contributed by atoms with van der Waals surface area (Å²) in [6.07, 6.45) is 3.57. The largest absolute Gasteiger partial charge is 0.366 e. The van der Waals surface area contributed by atoms with Crippen LogP contribution in [0, 0.1) is 6.92 Å². The molecule has 0 aliphatic heterocycles. The zero-order chi connectivity index (χ0) is 19.9. The van der Waals surface area contributed by atoms with Crippen molar-refractivity contribution < 1.29 is 0 Å². The van der Waals surface area contributed by atoms with Crippen molar-refractivity contribution in [2.24, 2.45) is 0 Å². The third kappa shape index (κ3) is 5.17. The fourth-order valence-electron chi connectivity index (χ4n) is 2.95. The first-order valence-electron chi connectivity index (χ1n) is 9.63. The summed E-state index contributed by atoms with van der Waals surface area (Å²) in [5, 5.41) is 6.76. The summed E-state index contributed by atoms with van der Waals surface area (Å²) in [4.78, 5) is 13.4. The number of nitrogens with one attached hydrogen (secondary N) is 2. The van der Waals surface area contributed by atoms with Crippen LogP contribution in [0.25, 0.3) is 11.3 Å². The molecular weight excluding hydrogens is 358 g/mol. The second kappa shape index (κ2) is 8.97. The standard InChI is InChI=1S/C24H23N5/c1-18-7-9-19(10-8-18)16-26-23-15-22(21-5-3-2-4-6-21)28-24(29-23)27-17-20-11-13-25-14-12-20/h2-15H,16-17H2,1H3,(H2,26,27,28,29). The average molecular weight is 381 g/mol. The number of aromatic nitrogens is 3. The number of anilines is 2. The zero-order valence-electron chi connectivity index (χ0n) is 16.3. The summed E-state index contributed by atoms with van der Waals surface area (Å²) in [7, 11) is 0. The Hall–Kier alpha value is -3.73. The number of hydrogen-bond donors (Lipinski definition) is 2. The maximum Gasteiger partial charge on any atom is 0.225 e. The molecule has 0 saturated carbocycles. The molecule has 0 spiro atoms. The van der Waals surface area contributed by atoms with E-state index in [1.165, 1.54) is 11.1 Å². The second-order valence-corrected chi connectivity index (χ2v) is 6.88. The van der Waals surface area contributed by atoms with E-state index in [0.29, 0.717) is 19.0 Å². The van der Waals surface area contributed by atoms with Crippen LogP contribution in [-0.4, -0.2) is 15.0 Å². The summed E-state index contributed by atoms with van der Waals surface area (Å²) in [5.74, 6) is 1.38. The lowest BCUT2D eigenvalue weighted by Gasteiger charge is -2.12. The van der Waals surface area contributed by atoms with E-state index in [0.717, 1.165) is 22.6 Å². The molecule has 2 aromatic carbocycles. The quantitative estimate of drug-likeness (QED) is 0.468. The van der Waals surface area contributed by atoms with Gasteiger partial charge in [-0.05, 0) is 30.2 Å². The molecule has 0 fully saturated rings. The summed E-state index contributed by atoms with van der Waals surface area (Å²) in [6, 6.07) is 24.6. The van der Waals surface area contributed by atoms with Crippen molar-refractivity contribution in [2.75, 3.05) is 10.6 Å². The molecule has 0 radical (unpaired) electrons. The third-order valence-electron chi connectivity index (χ3n) is 4.59. The van der Waals surface area contributed by atoms with Gasteiger partial charge in [-0.2, -0.15) is 4.98 Å². The second-order valence-electron chi connectivity index (χ2n) is 6.88. The number of hydrogen-bond acceptors (Lipinski definition) is 5. The molecule has 0 aliphatic carbocycles. The molecule has 0 unspecified atom stereocenters. The van der Waals surface area contributed by atoms with Gasteiger partial charge in [-0.15, -0.1) is 0 Å². The Labute approximate surface area is 170 Å². The molecule has 5 nitrogen and oxygen atoms in total. The van der Waals surface area contributed by atoms with Gasteiger partial charge >= 0.3 is 0 Å². The van der Waals surface area contributed by atoms with Crippen molar-refractivity contribution in [3.63, 3.8) is 0 Å². The number of nitrogens with zero attached hydrogens (tertiary/aromatic N) is 3. The van der Waals surface area contributed by atoms with Crippen molar-refractivity contribution in [3.8, 4) is 11.3 Å². The Morgan fingerprint density at radius 3 is 2.17 bits per heavy atom. The molecular formula is C24H23N5. The van der Waals surface area contributed by atoms with E-state index in [1.54, 1.807) is 12.4 Å². The van der Waals surface area contributed by atoms with Crippen molar-refractivity contribution in [1.29, 1.82) is 0 Å². The molecule has 0 amide bonds. The smallest absolute Gasteiger partial charge is 0.225 e. The minimum atomic E-state index is 0.592. The molecule has 2 aromatic heterocycles. The van der Waals surface area contributed by atoms with Crippen molar-refractivity contribution in [1.82, 2.24) is 15.0 Å². The number of benzene rings is 2. The predicted octanol–water partition coefficient (Wildman–Crippen LogP) is 5.07. The molecule has 144 valence electrons. The highest BCUT2D eigenvalue weighted by Gasteiger charge is 2.07. The summed E-state index contributed by atoms with van der Waals surface area (Å²) in [6.45, 7) is 3.43. The molecule has 5 heteroatoms. The van der Waals surface area contributed by atoms with Gasteiger partial charge in [-0.25, -0.2) is 4.98 Å². The lowest BCUT2D eigenvalue weighted by atomic mass is 10.1. The van der Waals surface area contributed by atoms with Crippen LogP contribution in [0.3, 0.4) is 0 Å². The van der Waals surface area contributed by atoms with Crippen LogP contribution in [-0.2, 0) is 13.1 Å². The highest BCUT2D eigenvalue weighted by atomic mass is 15.1. The van der Waals surface area contributed by atoms with Gasteiger partial charge in [0.15, 0.2) is 0 Å². The van der Waals surface area contributed by atoms with E-state index in [9.17, 15) is 0 Å². The van der Waals surface area contributed by atoms with Crippen molar-refractivity contribution in [2.45, 2.75) is 20.0 Å². The fourth-order valence-corrected chi connectivity index (χ4v) is 2.95. The third-order valence-corrected chi connectivity index (χ3v) is 4.59. The Balaban J connectivity index is 1.56. The van der Waals surface area contributed by atoms with Gasteiger partial charge in [0.2, 0.25) is 5.95 Å². The monoisotopic (exact) mass is 381 g/mol. The first-order chi connectivity index (χ1) is 14.3. The van der Waals surface area contributed by atoms with Gasteiger partial charge in [-0.3, -0.25) is 4.98 Å². The highest BCUT2D eigenvalue weighted by molar-refractivity contribution is 5.64. The minimum Gasteiger partial charge on any atom is -0.366 e. The molecule has 4 aromatic rings. The van der Waals surface area contributed by atoms with E-state index >= 15 is 0 Å². The lowest BCUT2D eigenvalue weighted by Crippen LogP contribution is -2.08. The molecule has 4 rings (SSSR count). The summed E-state index contributed by atoms with van der Waals surface area (Å²) < 4.78 is 0. The predicted molar refractivity (Wildman–Crippen MR) is 118 cm³/mol. The number of aryl methyl sites for hydroxylation is 1. The van der Waals surface area contributed by atoms with Gasteiger partial charge in [0.1, 0.15) is 5.82 Å². The Bertz CT molecular complexity index is 1050. The topological polar surface area (TPSA) is 62.7 Å². The fraction of sp³-hybridized carbons (Fsp3) is 0.125. The van der Waals surface area contributed by atoms with Crippen LogP contribution in [0.2, 0.25) is 0 Å². The van der Waals surface area contributed by atoms with Gasteiger partial charge in [0.25, 0.3) is 0 Å². The molecule has 2 N–H and O–H groups in total. The normalized spacial score (nSPS) is 10.5. The van der Waals surface area contributed by atoms with Gasteiger partial charge in [0.05, 0.1) is 5.69 Å². The van der Waals surface area contributed by atoms with Gasteiger partial charge < -0.3 is 10.6 Å². The van der Waals surface area contributed by atoms with Crippen LogP contribution in [0.15, 0.2) is 85.2 Å². The Morgan fingerprint density at radius 1 is 0.724 bits per heavy atom. The SMILES string of the molecule is Cc1ccc(CNc2cc(-c3ccccc3)nc(NCc3ccncc3)n2)cc1. The maximum atomic E-state index is 4.71.